The third kappa shape index (κ3) is 0.753. The molecule has 42 valence electrons. The molecule has 1 aliphatic rings. The van der Waals surface area contributed by atoms with E-state index in [-0.39, 0.29) is 5.91 Å². The lowest BCUT2D eigenvalue weighted by Crippen LogP contribution is -2.14. The Balaban J connectivity index is 2.64. The van der Waals surface area contributed by atoms with Gasteiger partial charge >= 0.3 is 0 Å². The Labute approximate surface area is 46.9 Å². The van der Waals surface area contributed by atoms with E-state index in [2.05, 4.69) is 4.99 Å². The van der Waals surface area contributed by atoms with Crippen molar-refractivity contribution in [3.63, 3.8) is 0 Å². The predicted octanol–water partition coefficient (Wildman–Crippen LogP) is -0.518. The number of hydrogen-bond donors (Lipinski definition) is 1. The van der Waals surface area contributed by atoms with Gasteiger partial charge in [-0.15, -0.1) is 0 Å². The van der Waals surface area contributed by atoms with E-state index in [1.54, 1.807) is 12.3 Å². The first-order valence-corrected chi connectivity index (χ1v) is 2.29. The van der Waals surface area contributed by atoms with Crippen LogP contribution >= 0.6 is 0 Å². The van der Waals surface area contributed by atoms with Crippen molar-refractivity contribution in [3.8, 4) is 0 Å². The molecule has 3 nitrogen and oxygen atoms in total. The van der Waals surface area contributed by atoms with E-state index >= 15 is 0 Å². The van der Waals surface area contributed by atoms with E-state index in [1.807, 2.05) is 0 Å². The molecule has 0 unspecified atom stereocenters. The summed E-state index contributed by atoms with van der Waals surface area (Å²) in [6.45, 7) is 0.454. The zero-order chi connectivity index (χ0) is 5.98. The van der Waals surface area contributed by atoms with Gasteiger partial charge in [0.1, 0.15) is 0 Å². The normalized spacial score (nSPS) is 16.2. The molecule has 1 heterocycles. The van der Waals surface area contributed by atoms with Crippen molar-refractivity contribution in [2.24, 2.45) is 10.7 Å². The minimum atomic E-state index is -0.373. The van der Waals surface area contributed by atoms with Gasteiger partial charge in [-0.2, -0.15) is 0 Å². The molecular weight excluding hydrogens is 104 g/mol. The van der Waals surface area contributed by atoms with E-state index in [4.69, 9.17) is 5.73 Å². The van der Waals surface area contributed by atoms with E-state index in [1.165, 1.54) is 0 Å². The number of aliphatic imine (C=N–C) groups is 1. The lowest BCUT2D eigenvalue weighted by molar-refractivity contribution is -0.114. The molecule has 0 saturated carbocycles. The van der Waals surface area contributed by atoms with Crippen LogP contribution in [0.25, 0.3) is 0 Å². The SMILES string of the molecule is NC(=O)C1=CC=NC1. The van der Waals surface area contributed by atoms with Gasteiger partial charge in [-0.3, -0.25) is 9.79 Å². The minimum Gasteiger partial charge on any atom is -0.366 e. The Kier molecular flexibility index (Phi) is 1.12. The number of allylic oxidation sites excluding steroid dienone is 1. The number of carbonyl (C=O) groups excluding carboxylic acids is 1. The third-order valence-corrected chi connectivity index (χ3v) is 0.959. The van der Waals surface area contributed by atoms with Gasteiger partial charge in [-0.1, -0.05) is 0 Å². The van der Waals surface area contributed by atoms with Crippen LogP contribution in [-0.2, 0) is 4.79 Å². The van der Waals surface area contributed by atoms with Crippen LogP contribution in [0.15, 0.2) is 16.6 Å². The van der Waals surface area contributed by atoms with Crippen LogP contribution in [0.5, 0.6) is 0 Å². The fraction of sp³-hybridized carbons (Fsp3) is 0.200. The number of primary amides is 1. The summed E-state index contributed by atoms with van der Waals surface area (Å²) in [5.41, 5.74) is 5.50. The van der Waals surface area contributed by atoms with Crippen molar-refractivity contribution >= 4 is 12.1 Å². The molecule has 0 aliphatic carbocycles. The number of hydrogen-bond acceptors (Lipinski definition) is 2. The molecule has 0 aromatic carbocycles. The first kappa shape index (κ1) is 5.03. The largest absolute Gasteiger partial charge is 0.366 e. The molecule has 0 spiro atoms. The molecule has 1 rings (SSSR count). The van der Waals surface area contributed by atoms with E-state index < -0.39 is 0 Å². The fourth-order valence-corrected chi connectivity index (χ4v) is 0.506. The fourth-order valence-electron chi connectivity index (χ4n) is 0.506. The molecule has 0 radical (unpaired) electrons. The zero-order valence-corrected chi connectivity index (χ0v) is 4.29. The summed E-state index contributed by atoms with van der Waals surface area (Å²) in [5, 5.41) is 0. The maximum atomic E-state index is 10.3. The highest BCUT2D eigenvalue weighted by atomic mass is 16.1. The van der Waals surface area contributed by atoms with Crippen LogP contribution < -0.4 is 5.73 Å². The van der Waals surface area contributed by atoms with Crippen molar-refractivity contribution in [1.82, 2.24) is 0 Å². The average Bonchev–Trinajstić information content (AvgIpc) is 2.12. The van der Waals surface area contributed by atoms with Crippen LogP contribution in [0.1, 0.15) is 0 Å². The molecule has 1 amide bonds. The van der Waals surface area contributed by atoms with Gasteiger partial charge in [0.2, 0.25) is 5.91 Å². The van der Waals surface area contributed by atoms with Gasteiger partial charge in [0.15, 0.2) is 0 Å². The highest BCUT2D eigenvalue weighted by molar-refractivity contribution is 5.98. The highest BCUT2D eigenvalue weighted by Crippen LogP contribution is 1.97. The molecule has 0 aromatic rings. The molecular formula is C5H6N2O. The summed E-state index contributed by atoms with van der Waals surface area (Å²) < 4.78 is 0. The number of rotatable bonds is 1. The molecule has 0 saturated heterocycles. The lowest BCUT2D eigenvalue weighted by Gasteiger charge is -1.87. The first-order valence-electron chi connectivity index (χ1n) is 2.29. The van der Waals surface area contributed by atoms with Gasteiger partial charge in [-0.25, -0.2) is 0 Å². The topological polar surface area (TPSA) is 55.5 Å². The summed E-state index contributed by atoms with van der Waals surface area (Å²) in [4.78, 5) is 14.0. The summed E-state index contributed by atoms with van der Waals surface area (Å²) in [6, 6.07) is 0. The number of nitrogens with two attached hydrogens (primary N) is 1. The Morgan fingerprint density at radius 1 is 1.88 bits per heavy atom. The molecule has 8 heavy (non-hydrogen) atoms. The van der Waals surface area contributed by atoms with Crippen molar-refractivity contribution in [2.75, 3.05) is 6.54 Å². The van der Waals surface area contributed by atoms with Crippen LogP contribution in [0.2, 0.25) is 0 Å². The third-order valence-electron chi connectivity index (χ3n) is 0.959. The number of amides is 1. The Hall–Kier alpha value is -1.12. The van der Waals surface area contributed by atoms with E-state index in [0.29, 0.717) is 12.1 Å². The van der Waals surface area contributed by atoms with Gasteiger partial charge in [0.05, 0.1) is 6.54 Å². The maximum absolute atomic E-state index is 10.3. The Bertz CT molecular complexity index is 169. The van der Waals surface area contributed by atoms with Gasteiger partial charge < -0.3 is 5.73 Å². The van der Waals surface area contributed by atoms with Crippen LogP contribution in [0.4, 0.5) is 0 Å². The average molecular weight is 110 g/mol. The standard InChI is InChI=1S/C5H6N2O/c6-5(8)4-1-2-7-3-4/h1-2H,3H2,(H2,6,8). The number of nitrogens with zero attached hydrogens (tertiary/aromatic N) is 1. The summed E-state index contributed by atoms with van der Waals surface area (Å²) >= 11 is 0. The molecule has 0 aromatic heterocycles. The molecule has 1 aliphatic heterocycles. The summed E-state index contributed by atoms with van der Waals surface area (Å²) in [6.07, 6.45) is 3.21. The first-order chi connectivity index (χ1) is 3.80. The zero-order valence-electron chi connectivity index (χ0n) is 4.29. The highest BCUT2D eigenvalue weighted by Gasteiger charge is 2.04. The number of carbonyl (C=O) groups is 1. The molecule has 0 bridgehead atoms. The molecule has 2 N–H and O–H groups in total. The second-order valence-electron chi connectivity index (χ2n) is 1.55. The monoisotopic (exact) mass is 110 g/mol. The van der Waals surface area contributed by atoms with Gasteiger partial charge in [0, 0.05) is 11.8 Å². The predicted molar refractivity (Wildman–Crippen MR) is 30.6 cm³/mol. The molecule has 0 fully saturated rings. The van der Waals surface area contributed by atoms with Gasteiger partial charge in [-0.05, 0) is 6.08 Å². The van der Waals surface area contributed by atoms with Crippen molar-refractivity contribution in [2.45, 2.75) is 0 Å². The van der Waals surface area contributed by atoms with Crippen molar-refractivity contribution in [3.05, 3.63) is 11.6 Å². The molecule has 3 heteroatoms. The minimum absolute atomic E-state index is 0.373. The van der Waals surface area contributed by atoms with Gasteiger partial charge in [0.25, 0.3) is 0 Å². The smallest absolute Gasteiger partial charge is 0.246 e. The maximum Gasteiger partial charge on any atom is 0.246 e. The Morgan fingerprint density at radius 2 is 2.62 bits per heavy atom. The van der Waals surface area contributed by atoms with Crippen LogP contribution in [-0.4, -0.2) is 18.7 Å². The van der Waals surface area contributed by atoms with E-state index in [9.17, 15) is 4.79 Å². The quantitative estimate of drug-likeness (QED) is 0.485. The van der Waals surface area contributed by atoms with Crippen LogP contribution in [0, 0.1) is 0 Å². The summed E-state index contributed by atoms with van der Waals surface area (Å²) in [7, 11) is 0. The van der Waals surface area contributed by atoms with Crippen molar-refractivity contribution < 1.29 is 4.79 Å². The van der Waals surface area contributed by atoms with Crippen LogP contribution in [0.3, 0.4) is 0 Å². The second kappa shape index (κ2) is 1.78. The Morgan fingerprint density at radius 3 is 2.88 bits per heavy atom. The summed E-state index contributed by atoms with van der Waals surface area (Å²) in [5.74, 6) is -0.373. The lowest BCUT2D eigenvalue weighted by atomic mass is 10.3. The van der Waals surface area contributed by atoms with E-state index in [0.717, 1.165) is 0 Å². The molecule has 0 atom stereocenters. The van der Waals surface area contributed by atoms with Crippen molar-refractivity contribution in [1.29, 1.82) is 0 Å². The second-order valence-corrected chi connectivity index (χ2v) is 1.55.